The number of aromatic amines is 1. The van der Waals surface area contributed by atoms with Gasteiger partial charge in [-0.2, -0.15) is 5.10 Å². The second-order valence-corrected chi connectivity index (χ2v) is 3.86. The Morgan fingerprint density at radius 3 is 2.67 bits per heavy atom. The Morgan fingerprint density at radius 2 is 2.11 bits per heavy atom. The third-order valence-electron chi connectivity index (χ3n) is 2.89. The van der Waals surface area contributed by atoms with Crippen LogP contribution in [0.25, 0.3) is 0 Å². The minimum Gasteiger partial charge on any atom is -0.497 e. The number of hydrogen-bond acceptors (Lipinski definition) is 4. The molecule has 0 spiro atoms. The second-order valence-electron chi connectivity index (χ2n) is 3.86. The first-order valence-electron chi connectivity index (χ1n) is 5.68. The van der Waals surface area contributed by atoms with Crippen LogP contribution in [0.15, 0.2) is 30.6 Å². The van der Waals surface area contributed by atoms with Gasteiger partial charge in [-0.1, -0.05) is 0 Å². The van der Waals surface area contributed by atoms with E-state index in [0.717, 1.165) is 22.6 Å². The third-order valence-corrected chi connectivity index (χ3v) is 2.89. The Labute approximate surface area is 106 Å². The Hall–Kier alpha value is -2.01. The lowest BCUT2D eigenvalue weighted by molar-refractivity contribution is 0.388. The van der Waals surface area contributed by atoms with Crippen molar-refractivity contribution < 1.29 is 9.47 Å². The maximum atomic E-state index is 5.42. The molecule has 0 fully saturated rings. The minimum atomic E-state index is 0.0320. The lowest BCUT2D eigenvalue weighted by atomic mass is 10.0. The van der Waals surface area contributed by atoms with E-state index in [0.29, 0.717) is 0 Å². The quantitative estimate of drug-likeness (QED) is 0.845. The van der Waals surface area contributed by atoms with Crippen molar-refractivity contribution in [1.82, 2.24) is 15.5 Å². The summed E-state index contributed by atoms with van der Waals surface area (Å²) in [7, 11) is 5.20. The van der Waals surface area contributed by atoms with Crippen molar-refractivity contribution >= 4 is 0 Å². The van der Waals surface area contributed by atoms with Gasteiger partial charge in [0.05, 0.1) is 26.5 Å². The van der Waals surface area contributed by atoms with Gasteiger partial charge < -0.3 is 14.8 Å². The van der Waals surface area contributed by atoms with E-state index in [1.165, 1.54) is 0 Å². The van der Waals surface area contributed by atoms with Crippen LogP contribution in [-0.4, -0.2) is 31.5 Å². The molecule has 5 nitrogen and oxygen atoms in total. The highest BCUT2D eigenvalue weighted by Crippen LogP contribution is 2.32. The molecule has 0 saturated heterocycles. The molecule has 0 saturated carbocycles. The molecule has 2 N–H and O–H groups in total. The van der Waals surface area contributed by atoms with Crippen LogP contribution in [0.3, 0.4) is 0 Å². The zero-order chi connectivity index (χ0) is 13.0. The molecule has 2 aromatic rings. The van der Waals surface area contributed by atoms with E-state index in [9.17, 15) is 0 Å². The zero-order valence-corrected chi connectivity index (χ0v) is 10.7. The lowest BCUT2D eigenvalue weighted by Gasteiger charge is -2.18. The van der Waals surface area contributed by atoms with E-state index in [1.54, 1.807) is 20.4 Å². The molecule has 0 aliphatic carbocycles. The molecule has 0 amide bonds. The lowest BCUT2D eigenvalue weighted by Crippen LogP contribution is -2.17. The summed E-state index contributed by atoms with van der Waals surface area (Å²) in [5.41, 5.74) is 2.10. The molecule has 1 atom stereocenters. The molecule has 1 aromatic heterocycles. The van der Waals surface area contributed by atoms with Gasteiger partial charge in [-0.3, -0.25) is 5.10 Å². The van der Waals surface area contributed by atoms with E-state index in [-0.39, 0.29) is 6.04 Å². The number of rotatable bonds is 5. The number of benzene rings is 1. The molecular weight excluding hydrogens is 230 g/mol. The maximum Gasteiger partial charge on any atom is 0.127 e. The standard InChI is InChI=1S/C13H17N3O2/c1-14-13(9-7-15-16-8-9)11-5-4-10(17-2)6-12(11)18-3/h4-8,13-14H,1-3H3,(H,15,16). The van der Waals surface area contributed by atoms with Crippen molar-refractivity contribution in [2.45, 2.75) is 6.04 Å². The van der Waals surface area contributed by atoms with Crippen LogP contribution < -0.4 is 14.8 Å². The van der Waals surface area contributed by atoms with Gasteiger partial charge in [0, 0.05) is 23.4 Å². The first-order chi connectivity index (χ1) is 8.80. The molecule has 2 rings (SSSR count). The van der Waals surface area contributed by atoms with Crippen molar-refractivity contribution in [2.24, 2.45) is 0 Å². The van der Waals surface area contributed by atoms with Crippen LogP contribution in [0, 0.1) is 0 Å². The molecule has 0 aliphatic heterocycles. The Bertz CT molecular complexity index is 497. The number of methoxy groups -OCH3 is 2. The predicted molar refractivity (Wildman–Crippen MR) is 69.0 cm³/mol. The third kappa shape index (κ3) is 2.31. The van der Waals surface area contributed by atoms with Crippen LogP contribution in [0.1, 0.15) is 17.2 Å². The summed E-state index contributed by atoms with van der Waals surface area (Å²) in [6, 6.07) is 5.82. The van der Waals surface area contributed by atoms with Gasteiger partial charge in [-0.05, 0) is 19.2 Å². The van der Waals surface area contributed by atoms with Gasteiger partial charge >= 0.3 is 0 Å². The Morgan fingerprint density at radius 1 is 1.28 bits per heavy atom. The smallest absolute Gasteiger partial charge is 0.127 e. The van der Waals surface area contributed by atoms with Gasteiger partial charge in [0.25, 0.3) is 0 Å². The molecule has 96 valence electrons. The highest BCUT2D eigenvalue weighted by Gasteiger charge is 2.17. The average molecular weight is 247 g/mol. The number of ether oxygens (including phenoxy) is 2. The number of nitrogens with one attached hydrogen (secondary N) is 2. The number of aromatic nitrogens is 2. The highest BCUT2D eigenvalue weighted by molar-refractivity contribution is 5.45. The summed E-state index contributed by atoms with van der Waals surface area (Å²) < 4.78 is 10.6. The maximum absolute atomic E-state index is 5.42. The molecule has 0 radical (unpaired) electrons. The normalized spacial score (nSPS) is 12.2. The van der Waals surface area contributed by atoms with Crippen molar-refractivity contribution in [3.8, 4) is 11.5 Å². The minimum absolute atomic E-state index is 0.0320. The molecule has 1 aromatic carbocycles. The van der Waals surface area contributed by atoms with E-state index in [4.69, 9.17) is 9.47 Å². The molecule has 18 heavy (non-hydrogen) atoms. The van der Waals surface area contributed by atoms with E-state index in [2.05, 4.69) is 15.5 Å². The highest BCUT2D eigenvalue weighted by atomic mass is 16.5. The number of nitrogens with zero attached hydrogens (tertiary/aromatic N) is 1. The fraction of sp³-hybridized carbons (Fsp3) is 0.308. The molecule has 0 bridgehead atoms. The summed E-state index contributed by atoms with van der Waals surface area (Å²) in [4.78, 5) is 0. The number of H-pyrrole nitrogens is 1. The molecule has 1 heterocycles. The van der Waals surface area contributed by atoms with Crippen molar-refractivity contribution in [3.63, 3.8) is 0 Å². The van der Waals surface area contributed by atoms with Gasteiger partial charge in [0.2, 0.25) is 0 Å². The first kappa shape index (κ1) is 12.4. The molecule has 1 unspecified atom stereocenters. The van der Waals surface area contributed by atoms with Crippen LogP contribution in [0.2, 0.25) is 0 Å². The van der Waals surface area contributed by atoms with Crippen molar-refractivity contribution in [3.05, 3.63) is 41.7 Å². The van der Waals surface area contributed by atoms with Crippen LogP contribution in [0.4, 0.5) is 0 Å². The molecule has 0 aliphatic rings. The summed E-state index contributed by atoms with van der Waals surface area (Å²) in [5.74, 6) is 1.56. The van der Waals surface area contributed by atoms with Crippen LogP contribution in [-0.2, 0) is 0 Å². The number of hydrogen-bond donors (Lipinski definition) is 2. The van der Waals surface area contributed by atoms with E-state index >= 15 is 0 Å². The summed E-state index contributed by atoms with van der Waals surface area (Å²) >= 11 is 0. The monoisotopic (exact) mass is 247 g/mol. The first-order valence-corrected chi connectivity index (χ1v) is 5.68. The van der Waals surface area contributed by atoms with Crippen molar-refractivity contribution in [2.75, 3.05) is 21.3 Å². The fourth-order valence-corrected chi connectivity index (χ4v) is 1.98. The average Bonchev–Trinajstić information content (AvgIpc) is 2.94. The summed E-state index contributed by atoms with van der Waals surface area (Å²) in [6.45, 7) is 0. The van der Waals surface area contributed by atoms with Crippen molar-refractivity contribution in [1.29, 1.82) is 0 Å². The van der Waals surface area contributed by atoms with Gasteiger partial charge in [-0.15, -0.1) is 0 Å². The largest absolute Gasteiger partial charge is 0.497 e. The van der Waals surface area contributed by atoms with E-state index in [1.807, 2.05) is 31.4 Å². The van der Waals surface area contributed by atoms with Crippen LogP contribution in [0.5, 0.6) is 11.5 Å². The van der Waals surface area contributed by atoms with Crippen LogP contribution >= 0.6 is 0 Å². The SMILES string of the molecule is CNC(c1cn[nH]c1)c1ccc(OC)cc1OC. The van der Waals surface area contributed by atoms with E-state index < -0.39 is 0 Å². The van der Waals surface area contributed by atoms with Gasteiger partial charge in [-0.25, -0.2) is 0 Å². The molecular formula is C13H17N3O2. The fourth-order valence-electron chi connectivity index (χ4n) is 1.98. The summed E-state index contributed by atoms with van der Waals surface area (Å²) in [6.07, 6.45) is 3.66. The zero-order valence-electron chi connectivity index (χ0n) is 10.7. The molecule has 5 heteroatoms. The van der Waals surface area contributed by atoms with Gasteiger partial charge in [0.1, 0.15) is 11.5 Å². The van der Waals surface area contributed by atoms with Gasteiger partial charge in [0.15, 0.2) is 0 Å². The Balaban J connectivity index is 2.42. The topological polar surface area (TPSA) is 59.2 Å². The summed E-state index contributed by atoms with van der Waals surface area (Å²) in [5, 5.41) is 10.0. The second kappa shape index (κ2) is 5.55. The Kier molecular flexibility index (Phi) is 3.84. The predicted octanol–water partition coefficient (Wildman–Crippen LogP) is 1.74.